The molecule has 0 aromatic rings. The van der Waals surface area contributed by atoms with Crippen LogP contribution < -0.4 is 5.32 Å². The Morgan fingerprint density at radius 1 is 1.31 bits per heavy atom. The molecule has 0 aliphatic carbocycles. The van der Waals surface area contributed by atoms with Crippen LogP contribution in [0.2, 0.25) is 0 Å². The summed E-state index contributed by atoms with van der Waals surface area (Å²) in [5, 5.41) is 3.43. The van der Waals surface area contributed by atoms with Crippen molar-refractivity contribution in [3.63, 3.8) is 0 Å². The molecular formula is C11H24N2. The van der Waals surface area contributed by atoms with Crippen LogP contribution in [0.25, 0.3) is 0 Å². The van der Waals surface area contributed by atoms with Crippen molar-refractivity contribution in [3.8, 4) is 0 Å². The van der Waals surface area contributed by atoms with Crippen LogP contribution in [0, 0.1) is 5.92 Å². The van der Waals surface area contributed by atoms with E-state index in [1.165, 1.54) is 32.5 Å². The minimum Gasteiger partial charge on any atom is -0.314 e. The minimum atomic E-state index is 0.396. The molecule has 78 valence electrons. The number of nitrogens with zero attached hydrogens (tertiary/aromatic N) is 1. The van der Waals surface area contributed by atoms with Crippen LogP contribution in [0.3, 0.4) is 0 Å². The number of likely N-dealkylation sites (tertiary alicyclic amines) is 1. The highest BCUT2D eigenvalue weighted by molar-refractivity contribution is 4.88. The third kappa shape index (κ3) is 3.28. The Kier molecular flexibility index (Phi) is 3.74. The topological polar surface area (TPSA) is 15.3 Å². The lowest BCUT2D eigenvalue weighted by Gasteiger charge is -2.39. The van der Waals surface area contributed by atoms with Crippen LogP contribution in [0.4, 0.5) is 0 Å². The molecule has 0 bridgehead atoms. The molecular weight excluding hydrogens is 160 g/mol. The maximum absolute atomic E-state index is 3.43. The summed E-state index contributed by atoms with van der Waals surface area (Å²) < 4.78 is 0. The Bertz CT molecular complexity index is 146. The lowest BCUT2D eigenvalue weighted by Crippen LogP contribution is -2.50. The normalized spacial score (nSPS) is 23.8. The third-order valence-electron chi connectivity index (χ3n) is 3.19. The molecule has 1 aliphatic heterocycles. The number of nitrogens with one attached hydrogen (secondary N) is 1. The molecule has 1 rings (SSSR count). The summed E-state index contributed by atoms with van der Waals surface area (Å²) in [4.78, 5) is 2.59. The minimum absolute atomic E-state index is 0.396. The fraction of sp³-hybridized carbons (Fsp3) is 1.00. The molecule has 0 amide bonds. The molecule has 0 spiro atoms. The van der Waals surface area contributed by atoms with Gasteiger partial charge in [0.05, 0.1) is 0 Å². The van der Waals surface area contributed by atoms with Gasteiger partial charge >= 0.3 is 0 Å². The molecule has 0 aromatic heterocycles. The monoisotopic (exact) mass is 184 g/mol. The first kappa shape index (κ1) is 11.0. The molecule has 2 nitrogen and oxygen atoms in total. The van der Waals surface area contributed by atoms with Gasteiger partial charge in [0.15, 0.2) is 0 Å². The Balaban J connectivity index is 2.30. The molecule has 1 N–H and O–H groups in total. The van der Waals surface area contributed by atoms with E-state index < -0.39 is 0 Å². The highest BCUT2D eigenvalue weighted by Crippen LogP contribution is 2.21. The maximum Gasteiger partial charge on any atom is 0.0174 e. The van der Waals surface area contributed by atoms with Crippen molar-refractivity contribution in [2.24, 2.45) is 5.92 Å². The van der Waals surface area contributed by atoms with E-state index in [2.05, 4.69) is 38.0 Å². The van der Waals surface area contributed by atoms with Gasteiger partial charge in [0.2, 0.25) is 0 Å². The van der Waals surface area contributed by atoms with Crippen LogP contribution in [0.5, 0.6) is 0 Å². The third-order valence-corrected chi connectivity index (χ3v) is 3.19. The van der Waals surface area contributed by atoms with Gasteiger partial charge in [-0.3, -0.25) is 0 Å². The molecule has 0 atom stereocenters. The average molecular weight is 184 g/mol. The SMILES string of the molecule is CNC1(C)CCN(CC(C)C)CC1. The van der Waals surface area contributed by atoms with E-state index in [-0.39, 0.29) is 0 Å². The summed E-state index contributed by atoms with van der Waals surface area (Å²) in [6.45, 7) is 10.7. The molecule has 0 radical (unpaired) electrons. The Morgan fingerprint density at radius 3 is 2.23 bits per heavy atom. The van der Waals surface area contributed by atoms with Gasteiger partial charge in [-0.15, -0.1) is 0 Å². The largest absolute Gasteiger partial charge is 0.314 e. The highest BCUT2D eigenvalue weighted by atomic mass is 15.1. The van der Waals surface area contributed by atoms with E-state index in [9.17, 15) is 0 Å². The summed E-state index contributed by atoms with van der Waals surface area (Å²) in [7, 11) is 2.08. The number of hydrogen-bond donors (Lipinski definition) is 1. The first-order chi connectivity index (χ1) is 6.06. The predicted molar refractivity (Wildman–Crippen MR) is 58.0 cm³/mol. The van der Waals surface area contributed by atoms with Crippen molar-refractivity contribution in [1.29, 1.82) is 0 Å². The summed E-state index contributed by atoms with van der Waals surface area (Å²) >= 11 is 0. The van der Waals surface area contributed by atoms with E-state index in [1.807, 2.05) is 0 Å². The molecule has 1 saturated heterocycles. The molecule has 1 aliphatic rings. The quantitative estimate of drug-likeness (QED) is 0.718. The highest BCUT2D eigenvalue weighted by Gasteiger charge is 2.27. The molecule has 1 heterocycles. The van der Waals surface area contributed by atoms with Crippen LogP contribution in [0.15, 0.2) is 0 Å². The van der Waals surface area contributed by atoms with E-state index in [0.717, 1.165) is 5.92 Å². The first-order valence-corrected chi connectivity index (χ1v) is 5.47. The second kappa shape index (κ2) is 4.43. The standard InChI is InChI=1S/C11H24N2/c1-10(2)9-13-7-5-11(3,12-4)6-8-13/h10,12H,5-9H2,1-4H3. The van der Waals surface area contributed by atoms with Gasteiger partial charge in [-0.05, 0) is 45.8 Å². The molecule has 0 unspecified atom stereocenters. The Labute approximate surface area is 82.7 Å². The zero-order valence-electron chi connectivity index (χ0n) is 9.56. The van der Waals surface area contributed by atoms with Crippen LogP contribution >= 0.6 is 0 Å². The lowest BCUT2D eigenvalue weighted by molar-refractivity contribution is 0.140. The second-order valence-electron chi connectivity index (χ2n) is 5.01. The molecule has 2 heteroatoms. The van der Waals surface area contributed by atoms with Crippen LogP contribution in [-0.2, 0) is 0 Å². The number of rotatable bonds is 3. The Hall–Kier alpha value is -0.0800. The zero-order chi connectivity index (χ0) is 9.90. The summed E-state index contributed by atoms with van der Waals surface area (Å²) in [6, 6.07) is 0. The number of hydrogen-bond acceptors (Lipinski definition) is 2. The lowest BCUT2D eigenvalue weighted by atomic mass is 9.89. The maximum atomic E-state index is 3.43. The predicted octanol–water partition coefficient (Wildman–Crippen LogP) is 1.72. The fourth-order valence-electron chi connectivity index (χ4n) is 2.00. The van der Waals surface area contributed by atoms with Gasteiger partial charge in [-0.1, -0.05) is 13.8 Å². The van der Waals surface area contributed by atoms with Crippen molar-refractivity contribution >= 4 is 0 Å². The van der Waals surface area contributed by atoms with Gasteiger partial charge in [0.1, 0.15) is 0 Å². The molecule has 0 saturated carbocycles. The smallest absolute Gasteiger partial charge is 0.0174 e. The first-order valence-electron chi connectivity index (χ1n) is 5.47. The van der Waals surface area contributed by atoms with E-state index >= 15 is 0 Å². The van der Waals surface area contributed by atoms with Crippen molar-refractivity contribution < 1.29 is 0 Å². The van der Waals surface area contributed by atoms with Crippen molar-refractivity contribution in [2.45, 2.75) is 39.2 Å². The second-order valence-corrected chi connectivity index (χ2v) is 5.01. The number of piperidine rings is 1. The van der Waals surface area contributed by atoms with Crippen molar-refractivity contribution in [3.05, 3.63) is 0 Å². The van der Waals surface area contributed by atoms with E-state index in [4.69, 9.17) is 0 Å². The molecule has 0 aromatic carbocycles. The van der Waals surface area contributed by atoms with Gasteiger partial charge in [-0.2, -0.15) is 0 Å². The summed E-state index contributed by atoms with van der Waals surface area (Å²) in [6.07, 6.45) is 2.58. The Morgan fingerprint density at radius 2 is 1.85 bits per heavy atom. The van der Waals surface area contributed by atoms with Gasteiger partial charge in [0.25, 0.3) is 0 Å². The van der Waals surface area contributed by atoms with Crippen molar-refractivity contribution in [1.82, 2.24) is 10.2 Å². The van der Waals surface area contributed by atoms with Crippen molar-refractivity contribution in [2.75, 3.05) is 26.7 Å². The van der Waals surface area contributed by atoms with Gasteiger partial charge < -0.3 is 10.2 Å². The average Bonchev–Trinajstić information content (AvgIpc) is 2.09. The van der Waals surface area contributed by atoms with E-state index in [1.54, 1.807) is 0 Å². The van der Waals surface area contributed by atoms with E-state index in [0.29, 0.717) is 5.54 Å². The summed E-state index contributed by atoms with van der Waals surface area (Å²) in [5.74, 6) is 0.805. The van der Waals surface area contributed by atoms with Crippen LogP contribution in [-0.4, -0.2) is 37.1 Å². The van der Waals surface area contributed by atoms with Gasteiger partial charge in [-0.25, -0.2) is 0 Å². The zero-order valence-corrected chi connectivity index (χ0v) is 9.56. The van der Waals surface area contributed by atoms with Crippen LogP contribution in [0.1, 0.15) is 33.6 Å². The van der Waals surface area contributed by atoms with Gasteiger partial charge in [0, 0.05) is 12.1 Å². The molecule has 13 heavy (non-hydrogen) atoms. The molecule has 1 fully saturated rings. The summed E-state index contributed by atoms with van der Waals surface area (Å²) in [5.41, 5.74) is 0.396. The fourth-order valence-corrected chi connectivity index (χ4v) is 2.00.